The van der Waals surface area contributed by atoms with Crippen LogP contribution in [-0.2, 0) is 11.2 Å². The van der Waals surface area contributed by atoms with E-state index in [1.54, 1.807) is 0 Å². The van der Waals surface area contributed by atoms with Crippen LogP contribution >= 0.6 is 0 Å². The van der Waals surface area contributed by atoms with Gasteiger partial charge in [0.15, 0.2) is 0 Å². The largest absolute Gasteiger partial charge is 0.290 e. The van der Waals surface area contributed by atoms with Crippen molar-refractivity contribution >= 4 is 24.8 Å². The summed E-state index contributed by atoms with van der Waals surface area (Å²) >= 11 is 0. The molecule has 0 fully saturated rings. The van der Waals surface area contributed by atoms with Crippen molar-refractivity contribution in [2.24, 2.45) is 0 Å². The lowest BCUT2D eigenvalue weighted by Gasteiger charge is -2.17. The fourth-order valence-electron chi connectivity index (χ4n) is 1.81. The van der Waals surface area contributed by atoms with Crippen molar-refractivity contribution in [3.63, 3.8) is 0 Å². The van der Waals surface area contributed by atoms with Gasteiger partial charge < -0.3 is 0 Å². The number of Topliss-reactive ketones (excluding diaryl/α,β-unsaturated/α-hetero) is 2. The Kier molecular flexibility index (Phi) is 2.15. The molecule has 0 saturated carbocycles. The van der Waals surface area contributed by atoms with Crippen molar-refractivity contribution in [2.75, 3.05) is 0 Å². The van der Waals surface area contributed by atoms with E-state index in [0.29, 0.717) is 12.0 Å². The lowest BCUT2D eigenvalue weighted by Crippen LogP contribution is -2.37. The van der Waals surface area contributed by atoms with Gasteiger partial charge in [0.1, 0.15) is 0 Å². The van der Waals surface area contributed by atoms with Crippen molar-refractivity contribution in [3.05, 3.63) is 29.3 Å². The second kappa shape index (κ2) is 3.13. The molecule has 0 aliphatic heterocycles. The van der Waals surface area contributed by atoms with E-state index in [4.69, 9.17) is 0 Å². The summed E-state index contributed by atoms with van der Waals surface area (Å²) < 4.78 is 0. The van der Waals surface area contributed by atoms with Crippen LogP contribution in [0.3, 0.4) is 0 Å². The molecule has 15 heavy (non-hydrogen) atoms. The second-order valence-electron chi connectivity index (χ2n) is 5.05. The number of fused-ring (bicyclic) bond motifs is 1. The molecule has 0 radical (unpaired) electrons. The van der Waals surface area contributed by atoms with Crippen LogP contribution in [0.25, 0.3) is 0 Å². The van der Waals surface area contributed by atoms with Gasteiger partial charge in [0.25, 0.3) is 0 Å². The predicted octanol–water partition coefficient (Wildman–Crippen LogP) is 1.54. The minimum absolute atomic E-state index is 0.266. The van der Waals surface area contributed by atoms with Gasteiger partial charge in [0, 0.05) is 12.0 Å². The van der Waals surface area contributed by atoms with Crippen LogP contribution in [-0.4, -0.2) is 19.6 Å². The first-order chi connectivity index (χ1) is 6.89. The highest BCUT2D eigenvalue weighted by molar-refractivity contribution is 6.88. The van der Waals surface area contributed by atoms with Crippen molar-refractivity contribution < 1.29 is 9.59 Å². The van der Waals surface area contributed by atoms with Crippen LogP contribution in [0.5, 0.6) is 0 Å². The SMILES string of the molecule is C[Si](C)(C)c1ccc2c(c1)C(=O)C(=O)C2. The molecule has 2 rings (SSSR count). The summed E-state index contributed by atoms with van der Waals surface area (Å²) in [4.78, 5) is 22.8. The van der Waals surface area contributed by atoms with E-state index >= 15 is 0 Å². The molecule has 0 amide bonds. The molecule has 0 unspecified atom stereocenters. The summed E-state index contributed by atoms with van der Waals surface area (Å²) in [5.74, 6) is -0.567. The standard InChI is InChI=1S/C12H14O2Si/c1-15(2,3)9-5-4-8-6-11(13)12(14)10(8)7-9/h4-5,7H,6H2,1-3H3. The topological polar surface area (TPSA) is 34.1 Å². The van der Waals surface area contributed by atoms with Gasteiger partial charge >= 0.3 is 0 Å². The molecule has 0 heterocycles. The summed E-state index contributed by atoms with van der Waals surface area (Å²) in [5.41, 5.74) is 1.53. The first-order valence-corrected chi connectivity index (χ1v) is 8.60. The number of ketones is 2. The monoisotopic (exact) mass is 218 g/mol. The molecule has 0 saturated heterocycles. The fraction of sp³-hybridized carbons (Fsp3) is 0.333. The van der Waals surface area contributed by atoms with E-state index in [-0.39, 0.29) is 11.6 Å². The van der Waals surface area contributed by atoms with E-state index in [0.717, 1.165) is 5.56 Å². The Hall–Kier alpha value is -1.22. The number of hydrogen-bond acceptors (Lipinski definition) is 2. The Morgan fingerprint density at radius 1 is 1.13 bits per heavy atom. The van der Waals surface area contributed by atoms with E-state index < -0.39 is 8.07 Å². The van der Waals surface area contributed by atoms with Crippen LogP contribution in [0, 0.1) is 0 Å². The van der Waals surface area contributed by atoms with Crippen molar-refractivity contribution in [3.8, 4) is 0 Å². The number of rotatable bonds is 1. The smallest absolute Gasteiger partial charge is 0.229 e. The molecule has 1 aromatic rings. The average Bonchev–Trinajstić information content (AvgIpc) is 2.41. The second-order valence-corrected chi connectivity index (χ2v) is 10.1. The van der Waals surface area contributed by atoms with Crippen molar-refractivity contribution in [2.45, 2.75) is 26.1 Å². The highest BCUT2D eigenvalue weighted by Crippen LogP contribution is 2.19. The van der Waals surface area contributed by atoms with Crippen LogP contribution in [0.15, 0.2) is 18.2 Å². The molecule has 1 aliphatic carbocycles. The van der Waals surface area contributed by atoms with Crippen molar-refractivity contribution in [1.82, 2.24) is 0 Å². The Bertz CT molecular complexity index is 455. The average molecular weight is 218 g/mol. The third-order valence-corrected chi connectivity index (χ3v) is 4.87. The zero-order chi connectivity index (χ0) is 11.2. The number of benzene rings is 1. The van der Waals surface area contributed by atoms with Gasteiger partial charge in [0.05, 0.1) is 8.07 Å². The molecule has 3 heteroatoms. The van der Waals surface area contributed by atoms with Crippen LogP contribution in [0.1, 0.15) is 15.9 Å². The van der Waals surface area contributed by atoms with Crippen LogP contribution in [0.4, 0.5) is 0 Å². The van der Waals surface area contributed by atoms with Gasteiger partial charge in [-0.05, 0) is 5.56 Å². The molecular formula is C12H14O2Si. The molecule has 1 aliphatic rings. The molecule has 78 valence electrons. The van der Waals surface area contributed by atoms with E-state index in [9.17, 15) is 9.59 Å². The van der Waals surface area contributed by atoms with E-state index in [2.05, 4.69) is 25.7 Å². The van der Waals surface area contributed by atoms with Gasteiger partial charge in [-0.15, -0.1) is 0 Å². The quantitative estimate of drug-likeness (QED) is 0.529. The van der Waals surface area contributed by atoms with Gasteiger partial charge in [0.2, 0.25) is 11.6 Å². The zero-order valence-corrected chi connectivity index (χ0v) is 10.3. The maximum Gasteiger partial charge on any atom is 0.229 e. The highest BCUT2D eigenvalue weighted by Gasteiger charge is 2.29. The molecule has 0 aromatic heterocycles. The Labute approximate surface area is 90.3 Å². The minimum Gasteiger partial charge on any atom is -0.290 e. The van der Waals surface area contributed by atoms with Gasteiger partial charge in [-0.3, -0.25) is 9.59 Å². The Balaban J connectivity index is 2.54. The first kappa shape index (κ1) is 10.3. The predicted molar refractivity (Wildman–Crippen MR) is 62.5 cm³/mol. The maximum absolute atomic E-state index is 11.5. The summed E-state index contributed by atoms with van der Waals surface area (Å²) in [6.45, 7) is 6.70. The number of carbonyl (C=O) groups is 2. The molecule has 0 atom stereocenters. The van der Waals surface area contributed by atoms with Crippen molar-refractivity contribution in [1.29, 1.82) is 0 Å². The normalized spacial score (nSPS) is 15.7. The number of hydrogen-bond donors (Lipinski definition) is 0. The van der Waals surface area contributed by atoms with Gasteiger partial charge in [-0.1, -0.05) is 43.0 Å². The molecule has 0 N–H and O–H groups in total. The first-order valence-electron chi connectivity index (χ1n) is 5.10. The molecular weight excluding hydrogens is 204 g/mol. The van der Waals surface area contributed by atoms with Crippen LogP contribution in [0.2, 0.25) is 19.6 Å². The molecule has 0 spiro atoms. The lowest BCUT2D eigenvalue weighted by molar-refractivity contribution is -0.114. The highest BCUT2D eigenvalue weighted by atomic mass is 28.3. The lowest BCUT2D eigenvalue weighted by atomic mass is 10.1. The third kappa shape index (κ3) is 1.67. The maximum atomic E-state index is 11.5. The molecule has 2 nitrogen and oxygen atoms in total. The van der Waals surface area contributed by atoms with E-state index in [1.807, 2.05) is 12.1 Å². The van der Waals surface area contributed by atoms with E-state index in [1.165, 1.54) is 5.19 Å². The summed E-state index contributed by atoms with van der Waals surface area (Å²) in [6, 6.07) is 5.93. The third-order valence-electron chi connectivity index (χ3n) is 2.82. The zero-order valence-electron chi connectivity index (χ0n) is 9.26. The summed E-state index contributed by atoms with van der Waals surface area (Å²) in [7, 11) is -1.39. The van der Waals surface area contributed by atoms with Crippen LogP contribution < -0.4 is 5.19 Å². The summed E-state index contributed by atoms with van der Waals surface area (Å²) in [5, 5.41) is 1.24. The van der Waals surface area contributed by atoms with Gasteiger partial charge in [-0.25, -0.2) is 0 Å². The van der Waals surface area contributed by atoms with Gasteiger partial charge in [-0.2, -0.15) is 0 Å². The summed E-state index contributed by atoms with van der Waals surface area (Å²) in [6.07, 6.45) is 0.292. The Morgan fingerprint density at radius 3 is 2.40 bits per heavy atom. The number of carbonyl (C=O) groups excluding carboxylic acids is 2. The fourth-order valence-corrected chi connectivity index (χ4v) is 2.97. The minimum atomic E-state index is -1.39. The molecule has 1 aromatic carbocycles. The Morgan fingerprint density at radius 2 is 1.80 bits per heavy atom. The molecule has 0 bridgehead atoms.